The largest absolute Gasteiger partial charge is 0.489 e. The third kappa shape index (κ3) is 3.63. The Hall–Kier alpha value is -1.84. The maximum absolute atomic E-state index is 10.3. The highest BCUT2D eigenvalue weighted by atomic mass is 16.5. The molecule has 1 aliphatic heterocycles. The number of benzene rings is 2. The summed E-state index contributed by atoms with van der Waals surface area (Å²) in [5, 5.41) is 10.3. The van der Waals surface area contributed by atoms with Gasteiger partial charge in [-0.05, 0) is 29.7 Å². The van der Waals surface area contributed by atoms with Crippen LogP contribution in [0.2, 0.25) is 0 Å². The SMILES string of the molecule is OC(c1ccc(OCc2ccccc2)cc1)C1CCOC1. The van der Waals surface area contributed by atoms with E-state index in [4.69, 9.17) is 9.47 Å². The van der Waals surface area contributed by atoms with E-state index in [-0.39, 0.29) is 5.92 Å². The van der Waals surface area contributed by atoms with Gasteiger partial charge in [0.2, 0.25) is 0 Å². The lowest BCUT2D eigenvalue weighted by atomic mass is 9.95. The van der Waals surface area contributed by atoms with Crippen LogP contribution in [-0.2, 0) is 11.3 Å². The fourth-order valence-corrected chi connectivity index (χ4v) is 2.58. The first-order chi connectivity index (χ1) is 10.3. The normalized spacial score (nSPS) is 19.4. The number of hydrogen-bond acceptors (Lipinski definition) is 3. The van der Waals surface area contributed by atoms with Crippen LogP contribution >= 0.6 is 0 Å². The second kappa shape index (κ2) is 6.74. The lowest BCUT2D eigenvalue weighted by molar-refractivity contribution is 0.0917. The van der Waals surface area contributed by atoms with E-state index in [1.807, 2.05) is 54.6 Å². The summed E-state index contributed by atoms with van der Waals surface area (Å²) in [6.45, 7) is 1.95. The predicted octanol–water partition coefficient (Wildman–Crippen LogP) is 3.34. The minimum atomic E-state index is -0.448. The lowest BCUT2D eigenvalue weighted by Crippen LogP contribution is -2.12. The van der Waals surface area contributed by atoms with E-state index in [9.17, 15) is 5.11 Å². The van der Waals surface area contributed by atoms with Crippen molar-refractivity contribution in [1.29, 1.82) is 0 Å². The molecule has 2 unspecified atom stereocenters. The van der Waals surface area contributed by atoms with Crippen LogP contribution in [0, 0.1) is 5.92 Å². The minimum Gasteiger partial charge on any atom is -0.489 e. The van der Waals surface area contributed by atoms with Crippen molar-refractivity contribution >= 4 is 0 Å². The first-order valence-corrected chi connectivity index (χ1v) is 7.35. The van der Waals surface area contributed by atoms with E-state index >= 15 is 0 Å². The molecule has 2 aromatic carbocycles. The van der Waals surface area contributed by atoms with Crippen molar-refractivity contribution in [3.8, 4) is 5.75 Å². The van der Waals surface area contributed by atoms with Gasteiger partial charge in [-0.15, -0.1) is 0 Å². The van der Waals surface area contributed by atoms with Crippen molar-refractivity contribution in [2.75, 3.05) is 13.2 Å². The molecule has 0 amide bonds. The zero-order valence-corrected chi connectivity index (χ0v) is 11.9. The maximum atomic E-state index is 10.3. The van der Waals surface area contributed by atoms with Gasteiger partial charge in [-0.25, -0.2) is 0 Å². The van der Waals surface area contributed by atoms with E-state index in [0.717, 1.165) is 29.9 Å². The summed E-state index contributed by atoms with van der Waals surface area (Å²) < 4.78 is 11.1. The second-order valence-corrected chi connectivity index (χ2v) is 5.41. The molecule has 1 aliphatic rings. The van der Waals surface area contributed by atoms with Crippen molar-refractivity contribution in [1.82, 2.24) is 0 Å². The van der Waals surface area contributed by atoms with Gasteiger partial charge in [-0.2, -0.15) is 0 Å². The van der Waals surface area contributed by atoms with Crippen molar-refractivity contribution in [3.63, 3.8) is 0 Å². The number of ether oxygens (including phenoxy) is 2. The summed E-state index contributed by atoms with van der Waals surface area (Å²) in [5.41, 5.74) is 2.07. The van der Waals surface area contributed by atoms with Gasteiger partial charge in [0, 0.05) is 12.5 Å². The van der Waals surface area contributed by atoms with Gasteiger partial charge < -0.3 is 14.6 Å². The molecular weight excluding hydrogens is 264 g/mol. The molecule has 110 valence electrons. The number of hydrogen-bond donors (Lipinski definition) is 1. The number of aliphatic hydroxyl groups excluding tert-OH is 1. The van der Waals surface area contributed by atoms with Gasteiger partial charge in [0.1, 0.15) is 12.4 Å². The topological polar surface area (TPSA) is 38.7 Å². The first-order valence-electron chi connectivity index (χ1n) is 7.35. The van der Waals surface area contributed by atoms with Crippen LogP contribution in [0.25, 0.3) is 0 Å². The monoisotopic (exact) mass is 284 g/mol. The Labute approximate surface area is 125 Å². The van der Waals surface area contributed by atoms with E-state index in [2.05, 4.69) is 0 Å². The smallest absolute Gasteiger partial charge is 0.119 e. The molecule has 2 aromatic rings. The van der Waals surface area contributed by atoms with Gasteiger partial charge in [0.15, 0.2) is 0 Å². The van der Waals surface area contributed by atoms with Gasteiger partial charge in [-0.1, -0.05) is 42.5 Å². The molecule has 2 atom stereocenters. The van der Waals surface area contributed by atoms with Gasteiger partial charge in [-0.3, -0.25) is 0 Å². The fraction of sp³-hybridized carbons (Fsp3) is 0.333. The van der Waals surface area contributed by atoms with Crippen LogP contribution in [0.15, 0.2) is 54.6 Å². The van der Waals surface area contributed by atoms with E-state index < -0.39 is 6.10 Å². The Kier molecular flexibility index (Phi) is 4.53. The summed E-state index contributed by atoms with van der Waals surface area (Å²) in [4.78, 5) is 0. The number of aliphatic hydroxyl groups is 1. The van der Waals surface area contributed by atoms with Crippen molar-refractivity contribution in [3.05, 3.63) is 65.7 Å². The summed E-state index contributed by atoms with van der Waals surface area (Å²) in [6, 6.07) is 17.8. The molecule has 0 aromatic heterocycles. The molecule has 1 heterocycles. The standard InChI is InChI=1S/C18H20O3/c19-18(16-10-11-20-13-16)15-6-8-17(9-7-15)21-12-14-4-2-1-3-5-14/h1-9,16,18-19H,10-13H2. The molecule has 3 rings (SSSR count). The van der Waals surface area contributed by atoms with E-state index in [0.29, 0.717) is 13.2 Å². The minimum absolute atomic E-state index is 0.209. The molecule has 1 N–H and O–H groups in total. The zero-order valence-electron chi connectivity index (χ0n) is 11.9. The van der Waals surface area contributed by atoms with Crippen molar-refractivity contribution in [2.45, 2.75) is 19.1 Å². The highest BCUT2D eigenvalue weighted by molar-refractivity contribution is 5.29. The zero-order chi connectivity index (χ0) is 14.5. The van der Waals surface area contributed by atoms with E-state index in [1.165, 1.54) is 0 Å². The van der Waals surface area contributed by atoms with Crippen LogP contribution in [0.1, 0.15) is 23.7 Å². The Morgan fingerprint density at radius 3 is 2.52 bits per heavy atom. The predicted molar refractivity (Wildman–Crippen MR) is 81.1 cm³/mol. The molecule has 0 bridgehead atoms. The van der Waals surface area contributed by atoms with Gasteiger partial charge in [0.25, 0.3) is 0 Å². The van der Waals surface area contributed by atoms with Crippen LogP contribution in [0.5, 0.6) is 5.75 Å². The quantitative estimate of drug-likeness (QED) is 0.915. The molecule has 0 aliphatic carbocycles. The average Bonchev–Trinajstić information content (AvgIpc) is 3.08. The molecule has 0 saturated carbocycles. The molecular formula is C18H20O3. The summed E-state index contributed by atoms with van der Waals surface area (Å²) >= 11 is 0. The van der Waals surface area contributed by atoms with Crippen molar-refractivity contribution < 1.29 is 14.6 Å². The van der Waals surface area contributed by atoms with Crippen LogP contribution in [0.3, 0.4) is 0 Å². The second-order valence-electron chi connectivity index (χ2n) is 5.41. The fourth-order valence-electron chi connectivity index (χ4n) is 2.58. The summed E-state index contributed by atoms with van der Waals surface area (Å²) in [5.74, 6) is 1.03. The van der Waals surface area contributed by atoms with E-state index in [1.54, 1.807) is 0 Å². The molecule has 3 nitrogen and oxygen atoms in total. The van der Waals surface area contributed by atoms with Crippen LogP contribution in [-0.4, -0.2) is 18.3 Å². The highest BCUT2D eigenvalue weighted by Crippen LogP contribution is 2.29. The molecule has 1 fully saturated rings. The molecule has 1 saturated heterocycles. The van der Waals surface area contributed by atoms with Gasteiger partial charge in [0.05, 0.1) is 12.7 Å². The number of rotatable bonds is 5. The molecule has 21 heavy (non-hydrogen) atoms. The molecule has 3 heteroatoms. The third-order valence-corrected chi connectivity index (χ3v) is 3.88. The Morgan fingerprint density at radius 2 is 1.86 bits per heavy atom. The Balaban J connectivity index is 1.58. The molecule has 0 spiro atoms. The lowest BCUT2D eigenvalue weighted by Gasteiger charge is -2.17. The summed E-state index contributed by atoms with van der Waals surface area (Å²) in [7, 11) is 0. The highest BCUT2D eigenvalue weighted by Gasteiger charge is 2.25. The van der Waals surface area contributed by atoms with Crippen LogP contribution in [0.4, 0.5) is 0 Å². The molecule has 0 radical (unpaired) electrons. The Morgan fingerprint density at radius 1 is 1.10 bits per heavy atom. The van der Waals surface area contributed by atoms with Crippen LogP contribution < -0.4 is 4.74 Å². The third-order valence-electron chi connectivity index (χ3n) is 3.88. The maximum Gasteiger partial charge on any atom is 0.119 e. The van der Waals surface area contributed by atoms with Crippen molar-refractivity contribution in [2.24, 2.45) is 5.92 Å². The van der Waals surface area contributed by atoms with Gasteiger partial charge >= 0.3 is 0 Å². The Bertz CT molecular complexity index is 544. The average molecular weight is 284 g/mol. The first kappa shape index (κ1) is 14.1. The summed E-state index contributed by atoms with van der Waals surface area (Å²) in [6.07, 6.45) is 0.476.